The van der Waals surface area contributed by atoms with Crippen LogP contribution in [0.3, 0.4) is 0 Å². The molecule has 0 bridgehead atoms. The number of amidine groups is 1. The second-order valence-electron chi connectivity index (χ2n) is 5.01. The highest BCUT2D eigenvalue weighted by Gasteiger charge is 2.30. The van der Waals surface area contributed by atoms with Gasteiger partial charge in [-0.05, 0) is 12.1 Å². The van der Waals surface area contributed by atoms with Crippen LogP contribution >= 0.6 is 0 Å². The molecule has 0 aliphatic heterocycles. The molecule has 1 aromatic carbocycles. The number of hydrogen-bond acceptors (Lipinski definition) is 7. The van der Waals surface area contributed by atoms with Crippen molar-refractivity contribution in [2.75, 3.05) is 5.32 Å². The Morgan fingerprint density at radius 1 is 1.08 bits per heavy atom. The lowest BCUT2D eigenvalue weighted by molar-refractivity contribution is -0.137. The minimum atomic E-state index is -4.40. The molecule has 0 spiro atoms. The molecule has 8 nitrogen and oxygen atoms in total. The molecule has 3 aromatic rings. The number of anilines is 2. The first-order valence-corrected chi connectivity index (χ1v) is 7.07. The Kier molecular flexibility index (Phi) is 4.43. The average Bonchev–Trinajstić information content (AvgIpc) is 3.09. The quantitative estimate of drug-likeness (QED) is 0.281. The summed E-state index contributed by atoms with van der Waals surface area (Å²) in [5, 5.41) is 14.1. The van der Waals surface area contributed by atoms with Crippen LogP contribution in [-0.4, -0.2) is 26.0 Å². The van der Waals surface area contributed by atoms with Gasteiger partial charge in [-0.2, -0.15) is 13.2 Å². The van der Waals surface area contributed by atoms with E-state index < -0.39 is 11.7 Å². The molecule has 26 heavy (non-hydrogen) atoms. The predicted molar refractivity (Wildman–Crippen MR) is 84.8 cm³/mol. The third-order valence-corrected chi connectivity index (χ3v) is 3.24. The Bertz CT molecular complexity index is 920. The molecule has 0 aliphatic rings. The number of aromatic nitrogens is 3. The van der Waals surface area contributed by atoms with Crippen LogP contribution in [0.5, 0.6) is 0 Å². The number of alkyl halides is 3. The summed E-state index contributed by atoms with van der Waals surface area (Å²) in [4.78, 5) is 11.7. The highest BCUT2D eigenvalue weighted by Crippen LogP contribution is 2.31. The molecule has 0 saturated carbocycles. The molecule has 3 rings (SSSR count). The molecule has 134 valence electrons. The van der Waals surface area contributed by atoms with Crippen molar-refractivity contribution in [3.63, 3.8) is 0 Å². The number of nitrogens with zero attached hydrogens (tertiary/aromatic N) is 4. The van der Waals surface area contributed by atoms with E-state index in [1.807, 2.05) is 0 Å². The zero-order valence-corrected chi connectivity index (χ0v) is 12.9. The number of oxime groups is 1. The molecular weight excluding hydrogens is 353 g/mol. The summed E-state index contributed by atoms with van der Waals surface area (Å²) in [7, 11) is 0. The van der Waals surface area contributed by atoms with Crippen LogP contribution in [0, 0.1) is 0 Å². The van der Waals surface area contributed by atoms with Crippen LogP contribution in [0.1, 0.15) is 11.4 Å². The Labute approximate surface area is 144 Å². The summed E-state index contributed by atoms with van der Waals surface area (Å²) in [6.07, 6.45) is -0.301. The monoisotopic (exact) mass is 364 g/mol. The maximum absolute atomic E-state index is 12.6. The fourth-order valence-electron chi connectivity index (χ4n) is 1.98. The molecule has 0 radical (unpaired) electrons. The minimum Gasteiger partial charge on any atom is -0.423 e. The second kappa shape index (κ2) is 6.70. The zero-order chi connectivity index (χ0) is 18.7. The van der Waals surface area contributed by atoms with Gasteiger partial charge in [-0.1, -0.05) is 17.3 Å². The van der Waals surface area contributed by atoms with Gasteiger partial charge in [0.05, 0.1) is 29.8 Å². The van der Waals surface area contributed by atoms with E-state index in [1.54, 1.807) is 0 Å². The molecule has 0 saturated heterocycles. The molecule has 0 fully saturated rings. The van der Waals surface area contributed by atoms with E-state index in [4.69, 9.17) is 15.4 Å². The summed E-state index contributed by atoms with van der Waals surface area (Å²) in [6, 6.07) is 4.61. The number of hydrogen-bond donors (Lipinski definition) is 3. The first-order chi connectivity index (χ1) is 12.4. The Morgan fingerprint density at radius 3 is 2.31 bits per heavy atom. The van der Waals surface area contributed by atoms with Gasteiger partial charge in [0.25, 0.3) is 6.01 Å². The number of halogens is 3. The summed E-state index contributed by atoms with van der Waals surface area (Å²) < 4.78 is 43.2. The first-order valence-electron chi connectivity index (χ1n) is 7.07. The second-order valence-corrected chi connectivity index (χ2v) is 5.01. The van der Waals surface area contributed by atoms with Crippen molar-refractivity contribution in [1.82, 2.24) is 15.0 Å². The van der Waals surface area contributed by atoms with Crippen LogP contribution in [0.4, 0.5) is 24.9 Å². The van der Waals surface area contributed by atoms with E-state index in [0.29, 0.717) is 11.3 Å². The topological polar surface area (TPSA) is 122 Å². The Hall–Kier alpha value is -3.63. The number of oxazole rings is 1. The number of benzene rings is 1. The molecule has 0 aliphatic carbocycles. The number of rotatable bonds is 4. The third-order valence-electron chi connectivity index (χ3n) is 3.24. The van der Waals surface area contributed by atoms with Crippen LogP contribution in [0.25, 0.3) is 11.3 Å². The van der Waals surface area contributed by atoms with Gasteiger partial charge in [-0.15, -0.1) is 0 Å². The highest BCUT2D eigenvalue weighted by atomic mass is 19.4. The van der Waals surface area contributed by atoms with Crippen molar-refractivity contribution in [2.24, 2.45) is 10.9 Å². The van der Waals surface area contributed by atoms with Crippen molar-refractivity contribution in [3.05, 3.63) is 54.2 Å². The van der Waals surface area contributed by atoms with E-state index in [1.165, 1.54) is 30.7 Å². The average molecular weight is 364 g/mol. The Balaban J connectivity index is 1.74. The summed E-state index contributed by atoms with van der Waals surface area (Å²) in [6.45, 7) is 0. The van der Waals surface area contributed by atoms with E-state index in [9.17, 15) is 13.2 Å². The number of nitrogens with two attached hydrogens (primary N) is 1. The van der Waals surface area contributed by atoms with Crippen molar-refractivity contribution >= 4 is 17.5 Å². The van der Waals surface area contributed by atoms with Gasteiger partial charge in [0, 0.05) is 5.56 Å². The smallest absolute Gasteiger partial charge is 0.416 e. The molecule has 11 heteroatoms. The van der Waals surface area contributed by atoms with E-state index >= 15 is 0 Å². The summed E-state index contributed by atoms with van der Waals surface area (Å²) >= 11 is 0. The van der Waals surface area contributed by atoms with Crippen LogP contribution in [0.2, 0.25) is 0 Å². The van der Waals surface area contributed by atoms with Crippen molar-refractivity contribution in [3.8, 4) is 11.3 Å². The van der Waals surface area contributed by atoms with Gasteiger partial charge in [0.1, 0.15) is 0 Å². The largest absolute Gasteiger partial charge is 0.423 e. The van der Waals surface area contributed by atoms with Gasteiger partial charge >= 0.3 is 6.18 Å². The highest BCUT2D eigenvalue weighted by molar-refractivity contribution is 5.93. The Morgan fingerprint density at radius 2 is 1.73 bits per heavy atom. The van der Waals surface area contributed by atoms with E-state index in [0.717, 1.165) is 12.1 Å². The van der Waals surface area contributed by atoms with Crippen molar-refractivity contribution in [2.45, 2.75) is 6.18 Å². The van der Waals surface area contributed by atoms with Crippen LogP contribution in [-0.2, 0) is 6.18 Å². The van der Waals surface area contributed by atoms with Gasteiger partial charge < -0.3 is 20.7 Å². The predicted octanol–water partition coefficient (Wildman–Crippen LogP) is 2.99. The lowest BCUT2D eigenvalue weighted by atomic mass is 10.1. The SMILES string of the molecule is NC(=NO)c1ncc(Nc2ncc(-c3ccc(C(F)(F)F)cc3)o2)cn1. The lowest BCUT2D eigenvalue weighted by Gasteiger charge is -2.06. The normalized spacial score (nSPS) is 12.2. The fraction of sp³-hybridized carbons (Fsp3) is 0.0667. The van der Waals surface area contributed by atoms with Gasteiger partial charge in [0.15, 0.2) is 11.6 Å². The van der Waals surface area contributed by atoms with Gasteiger partial charge in [0.2, 0.25) is 5.84 Å². The summed E-state index contributed by atoms with van der Waals surface area (Å²) in [5.41, 5.74) is 5.47. The van der Waals surface area contributed by atoms with Crippen LogP contribution in [0.15, 0.2) is 52.4 Å². The maximum atomic E-state index is 12.6. The summed E-state index contributed by atoms with van der Waals surface area (Å²) in [5.74, 6) is 0.0867. The molecule has 0 atom stereocenters. The molecule has 0 amide bonds. The van der Waals surface area contributed by atoms with Gasteiger partial charge in [-0.3, -0.25) is 0 Å². The van der Waals surface area contributed by atoms with E-state index in [-0.39, 0.29) is 23.4 Å². The third kappa shape index (κ3) is 3.71. The van der Waals surface area contributed by atoms with Crippen molar-refractivity contribution < 1.29 is 22.8 Å². The minimum absolute atomic E-state index is 0.0379. The molecule has 2 aromatic heterocycles. The fourth-order valence-corrected chi connectivity index (χ4v) is 1.98. The lowest BCUT2D eigenvalue weighted by Crippen LogP contribution is -2.16. The molecule has 2 heterocycles. The molecular formula is C15H11F3N6O2. The molecule has 4 N–H and O–H groups in total. The van der Waals surface area contributed by atoms with E-state index in [2.05, 4.69) is 25.4 Å². The van der Waals surface area contributed by atoms with Gasteiger partial charge in [-0.25, -0.2) is 15.0 Å². The number of nitrogens with one attached hydrogen (secondary N) is 1. The molecule has 0 unspecified atom stereocenters. The first kappa shape index (κ1) is 17.2. The standard InChI is InChI=1S/C15H11F3N6O2/c16-15(17,18)9-3-1-8(2-4-9)11-7-22-14(26-11)23-10-5-20-13(21-6-10)12(19)24-25/h1-7,25H,(H2,19,24)(H,22,23). The van der Waals surface area contributed by atoms with Crippen molar-refractivity contribution in [1.29, 1.82) is 0 Å². The van der Waals surface area contributed by atoms with Crippen LogP contribution < -0.4 is 11.1 Å². The maximum Gasteiger partial charge on any atom is 0.416 e. The zero-order valence-electron chi connectivity index (χ0n) is 12.9.